The number of thioether (sulfide) groups is 1. The Labute approximate surface area is 128 Å². The molecule has 3 amide bonds. The molecule has 1 aliphatic heterocycles. The minimum atomic E-state index is -0.292. The van der Waals surface area contributed by atoms with E-state index in [0.717, 1.165) is 5.75 Å². The molecule has 7 heteroatoms. The number of nitrogens with zero attached hydrogens (tertiary/aromatic N) is 1. The smallest absolute Gasteiger partial charge is 0.336 e. The molecule has 6 nitrogen and oxygen atoms in total. The second kappa shape index (κ2) is 8.53. The monoisotopic (exact) mass is 309 g/mol. The van der Waals surface area contributed by atoms with E-state index >= 15 is 0 Å². The summed E-state index contributed by atoms with van der Waals surface area (Å²) in [5.41, 5.74) is 6.02. The van der Waals surface area contributed by atoms with Gasteiger partial charge in [0.05, 0.1) is 19.0 Å². The van der Waals surface area contributed by atoms with Crippen molar-refractivity contribution >= 4 is 23.7 Å². The van der Waals surface area contributed by atoms with Crippen molar-refractivity contribution in [3.63, 3.8) is 0 Å². The highest BCUT2D eigenvalue weighted by Crippen LogP contribution is 2.10. The molecular weight excluding hydrogens is 290 g/mol. The fourth-order valence-electron chi connectivity index (χ4n) is 1.84. The lowest BCUT2D eigenvalue weighted by Gasteiger charge is -2.26. The molecule has 0 spiro atoms. The molecule has 1 fully saturated rings. The van der Waals surface area contributed by atoms with Crippen LogP contribution in [0.3, 0.4) is 0 Å². The zero-order chi connectivity index (χ0) is 14.9. The van der Waals surface area contributed by atoms with E-state index in [1.807, 2.05) is 30.3 Å². The van der Waals surface area contributed by atoms with Crippen LogP contribution in [0, 0.1) is 0 Å². The number of benzene rings is 1. The summed E-state index contributed by atoms with van der Waals surface area (Å²) < 4.78 is 5.16. The molecule has 0 unspecified atom stereocenters. The number of hydrogen-bond donors (Lipinski definition) is 2. The SMILES string of the molecule is O=C(CSCc1ccccc1)NNC(=O)N1CCOCC1. The molecule has 0 aliphatic carbocycles. The molecule has 21 heavy (non-hydrogen) atoms. The standard InChI is InChI=1S/C14H19N3O3S/c18-13(11-21-10-12-4-2-1-3-5-12)15-16-14(19)17-6-8-20-9-7-17/h1-5H,6-11H2,(H,15,18)(H,16,19). The van der Waals surface area contributed by atoms with Crippen LogP contribution in [0.25, 0.3) is 0 Å². The summed E-state index contributed by atoms with van der Waals surface area (Å²) in [7, 11) is 0. The summed E-state index contributed by atoms with van der Waals surface area (Å²) in [5.74, 6) is 0.863. The second-order valence-corrected chi connectivity index (χ2v) is 5.54. The number of nitrogens with one attached hydrogen (secondary N) is 2. The number of morpholine rings is 1. The first-order valence-electron chi connectivity index (χ1n) is 6.79. The van der Waals surface area contributed by atoms with Gasteiger partial charge in [-0.15, -0.1) is 11.8 Å². The van der Waals surface area contributed by atoms with Crippen molar-refractivity contribution in [2.45, 2.75) is 5.75 Å². The van der Waals surface area contributed by atoms with Gasteiger partial charge in [0, 0.05) is 18.8 Å². The Bertz CT molecular complexity index is 464. The number of hydrazine groups is 1. The molecule has 2 N–H and O–H groups in total. The lowest BCUT2D eigenvalue weighted by Crippen LogP contribution is -2.52. The van der Waals surface area contributed by atoms with E-state index in [-0.39, 0.29) is 11.9 Å². The summed E-state index contributed by atoms with van der Waals surface area (Å²) in [6, 6.07) is 9.65. The van der Waals surface area contributed by atoms with Gasteiger partial charge >= 0.3 is 6.03 Å². The molecule has 2 rings (SSSR count). The van der Waals surface area contributed by atoms with Crippen LogP contribution < -0.4 is 10.9 Å². The van der Waals surface area contributed by atoms with Gasteiger partial charge in [0.2, 0.25) is 5.91 Å². The number of hydrogen-bond acceptors (Lipinski definition) is 4. The molecule has 0 radical (unpaired) electrons. The molecule has 1 aromatic carbocycles. The number of carbonyl (C=O) groups excluding carboxylic acids is 2. The van der Waals surface area contributed by atoms with Crippen LogP contribution >= 0.6 is 11.8 Å². The first kappa shape index (κ1) is 15.7. The molecule has 1 aromatic rings. The van der Waals surface area contributed by atoms with Crippen molar-refractivity contribution in [1.82, 2.24) is 15.8 Å². The maximum atomic E-state index is 11.7. The molecule has 114 valence electrons. The molecular formula is C14H19N3O3S. The summed E-state index contributed by atoms with van der Waals surface area (Å²) in [6.45, 7) is 2.16. The Morgan fingerprint density at radius 1 is 1.14 bits per heavy atom. The highest BCUT2D eigenvalue weighted by Gasteiger charge is 2.16. The third-order valence-electron chi connectivity index (χ3n) is 2.95. The van der Waals surface area contributed by atoms with Crippen molar-refractivity contribution in [1.29, 1.82) is 0 Å². The molecule has 1 heterocycles. The van der Waals surface area contributed by atoms with Crippen LogP contribution in [0.5, 0.6) is 0 Å². The topological polar surface area (TPSA) is 70.7 Å². The van der Waals surface area contributed by atoms with Gasteiger partial charge in [0.1, 0.15) is 0 Å². The summed E-state index contributed by atoms with van der Waals surface area (Å²) in [6.07, 6.45) is 0. The van der Waals surface area contributed by atoms with Crippen LogP contribution in [-0.4, -0.2) is 48.9 Å². The van der Waals surface area contributed by atoms with Gasteiger partial charge in [-0.1, -0.05) is 30.3 Å². The van der Waals surface area contributed by atoms with Gasteiger partial charge in [0.25, 0.3) is 0 Å². The predicted molar refractivity (Wildman–Crippen MR) is 81.7 cm³/mol. The first-order chi connectivity index (χ1) is 10.3. The normalized spacial score (nSPS) is 14.6. The lowest BCUT2D eigenvalue weighted by molar-refractivity contribution is -0.119. The van der Waals surface area contributed by atoms with E-state index in [4.69, 9.17) is 4.74 Å². The fraction of sp³-hybridized carbons (Fsp3) is 0.429. The minimum Gasteiger partial charge on any atom is -0.378 e. The molecule has 0 aromatic heterocycles. The van der Waals surface area contributed by atoms with Crippen LogP contribution in [0.2, 0.25) is 0 Å². The van der Waals surface area contributed by atoms with E-state index in [1.54, 1.807) is 4.90 Å². The van der Waals surface area contributed by atoms with E-state index in [1.165, 1.54) is 17.3 Å². The quantitative estimate of drug-likeness (QED) is 0.814. The molecule has 1 aliphatic rings. The van der Waals surface area contributed by atoms with Crippen LogP contribution in [-0.2, 0) is 15.3 Å². The number of ether oxygens (including phenoxy) is 1. The lowest BCUT2D eigenvalue weighted by atomic mass is 10.2. The number of rotatable bonds is 4. The zero-order valence-corrected chi connectivity index (χ0v) is 12.5. The second-order valence-electron chi connectivity index (χ2n) is 4.56. The summed E-state index contributed by atoms with van der Waals surface area (Å²) in [5, 5.41) is 0. The largest absolute Gasteiger partial charge is 0.378 e. The molecule has 0 bridgehead atoms. The molecule has 0 atom stereocenters. The fourth-order valence-corrected chi connectivity index (χ4v) is 2.63. The molecule has 0 saturated carbocycles. The third-order valence-corrected chi connectivity index (χ3v) is 3.96. The first-order valence-corrected chi connectivity index (χ1v) is 7.94. The Hall–Kier alpha value is -1.73. The van der Waals surface area contributed by atoms with Gasteiger partial charge in [-0.05, 0) is 5.56 Å². The minimum absolute atomic E-state index is 0.211. The van der Waals surface area contributed by atoms with Gasteiger partial charge < -0.3 is 9.64 Å². The maximum absolute atomic E-state index is 11.7. The highest BCUT2D eigenvalue weighted by molar-refractivity contribution is 7.99. The third kappa shape index (κ3) is 5.65. The van der Waals surface area contributed by atoms with E-state index < -0.39 is 0 Å². The Balaban J connectivity index is 1.60. The summed E-state index contributed by atoms with van der Waals surface area (Å²) in [4.78, 5) is 25.0. The van der Waals surface area contributed by atoms with Gasteiger partial charge in [-0.25, -0.2) is 10.2 Å². The predicted octanol–water partition coefficient (Wildman–Crippen LogP) is 0.993. The maximum Gasteiger partial charge on any atom is 0.336 e. The molecule has 1 saturated heterocycles. The van der Waals surface area contributed by atoms with Crippen LogP contribution in [0.1, 0.15) is 5.56 Å². The van der Waals surface area contributed by atoms with Crippen molar-refractivity contribution in [2.75, 3.05) is 32.1 Å². The number of carbonyl (C=O) groups is 2. The number of urea groups is 1. The van der Waals surface area contributed by atoms with Gasteiger partial charge in [0.15, 0.2) is 0 Å². The van der Waals surface area contributed by atoms with Crippen molar-refractivity contribution in [2.24, 2.45) is 0 Å². The van der Waals surface area contributed by atoms with Gasteiger partial charge in [-0.3, -0.25) is 10.2 Å². The Morgan fingerprint density at radius 2 is 1.86 bits per heavy atom. The van der Waals surface area contributed by atoms with Crippen molar-refractivity contribution in [3.8, 4) is 0 Å². The number of amides is 3. The van der Waals surface area contributed by atoms with E-state index in [0.29, 0.717) is 32.1 Å². The van der Waals surface area contributed by atoms with Gasteiger partial charge in [-0.2, -0.15) is 0 Å². The average molecular weight is 309 g/mol. The van der Waals surface area contributed by atoms with Crippen LogP contribution in [0.4, 0.5) is 4.79 Å². The summed E-state index contributed by atoms with van der Waals surface area (Å²) >= 11 is 1.50. The van der Waals surface area contributed by atoms with E-state index in [9.17, 15) is 9.59 Å². The highest BCUT2D eigenvalue weighted by atomic mass is 32.2. The van der Waals surface area contributed by atoms with Crippen molar-refractivity contribution in [3.05, 3.63) is 35.9 Å². The average Bonchev–Trinajstić information content (AvgIpc) is 2.54. The Kier molecular flexibility index (Phi) is 6.36. The van der Waals surface area contributed by atoms with E-state index in [2.05, 4.69) is 10.9 Å². The Morgan fingerprint density at radius 3 is 2.57 bits per heavy atom. The van der Waals surface area contributed by atoms with Crippen molar-refractivity contribution < 1.29 is 14.3 Å². The van der Waals surface area contributed by atoms with Crippen LogP contribution in [0.15, 0.2) is 30.3 Å². The zero-order valence-electron chi connectivity index (χ0n) is 11.7.